The van der Waals surface area contributed by atoms with Crippen molar-refractivity contribution in [2.45, 2.75) is 18.8 Å². The SMILES string of the molecule is O=C(Cc1cc(F)ccc1Cl)C1CCNc2ccccc21. The molecular formula is C17H15ClFNO. The first-order valence-electron chi connectivity index (χ1n) is 6.94. The van der Waals surface area contributed by atoms with Crippen LogP contribution in [0.25, 0.3) is 0 Å². The Morgan fingerprint density at radius 3 is 2.95 bits per heavy atom. The summed E-state index contributed by atoms with van der Waals surface area (Å²) in [6, 6.07) is 12.0. The molecule has 108 valence electrons. The van der Waals surface area contributed by atoms with Crippen molar-refractivity contribution in [2.24, 2.45) is 0 Å². The number of carbonyl (C=O) groups is 1. The predicted molar refractivity (Wildman–Crippen MR) is 82.4 cm³/mol. The van der Waals surface area contributed by atoms with Crippen LogP contribution in [-0.2, 0) is 11.2 Å². The van der Waals surface area contributed by atoms with Crippen LogP contribution in [0.2, 0.25) is 5.02 Å². The van der Waals surface area contributed by atoms with Crippen LogP contribution in [0, 0.1) is 5.82 Å². The number of hydrogen-bond acceptors (Lipinski definition) is 2. The molecule has 1 aliphatic heterocycles. The van der Waals surface area contributed by atoms with Gasteiger partial charge in [-0.2, -0.15) is 0 Å². The third kappa shape index (κ3) is 2.93. The lowest BCUT2D eigenvalue weighted by atomic mass is 9.85. The molecule has 0 amide bonds. The predicted octanol–water partition coefficient (Wildman–Crippen LogP) is 4.19. The summed E-state index contributed by atoms with van der Waals surface area (Å²) in [6.07, 6.45) is 0.915. The van der Waals surface area contributed by atoms with Crippen molar-refractivity contribution in [3.63, 3.8) is 0 Å². The molecule has 2 aromatic rings. The number of halogens is 2. The van der Waals surface area contributed by atoms with Gasteiger partial charge in [-0.1, -0.05) is 29.8 Å². The van der Waals surface area contributed by atoms with Crippen LogP contribution in [0.4, 0.5) is 10.1 Å². The first-order valence-corrected chi connectivity index (χ1v) is 7.32. The Hall–Kier alpha value is -1.87. The fourth-order valence-electron chi connectivity index (χ4n) is 2.79. The Kier molecular flexibility index (Phi) is 3.93. The maximum absolute atomic E-state index is 13.3. The van der Waals surface area contributed by atoms with Crippen molar-refractivity contribution in [1.29, 1.82) is 0 Å². The fraction of sp³-hybridized carbons (Fsp3) is 0.235. The summed E-state index contributed by atoms with van der Waals surface area (Å²) >= 11 is 6.05. The monoisotopic (exact) mass is 303 g/mol. The summed E-state index contributed by atoms with van der Waals surface area (Å²) in [5.41, 5.74) is 2.58. The van der Waals surface area contributed by atoms with E-state index >= 15 is 0 Å². The molecule has 0 radical (unpaired) electrons. The van der Waals surface area contributed by atoms with Gasteiger partial charge in [-0.15, -0.1) is 0 Å². The molecule has 0 aromatic heterocycles. The van der Waals surface area contributed by atoms with Gasteiger partial charge in [0.15, 0.2) is 0 Å². The first-order chi connectivity index (χ1) is 10.1. The largest absolute Gasteiger partial charge is 0.385 e. The highest BCUT2D eigenvalue weighted by molar-refractivity contribution is 6.31. The summed E-state index contributed by atoms with van der Waals surface area (Å²) in [5.74, 6) is -0.439. The van der Waals surface area contributed by atoms with Gasteiger partial charge in [0.25, 0.3) is 0 Å². The lowest BCUT2D eigenvalue weighted by Crippen LogP contribution is -2.24. The van der Waals surface area contributed by atoms with E-state index in [0.717, 1.165) is 24.2 Å². The highest BCUT2D eigenvalue weighted by Crippen LogP contribution is 2.33. The number of fused-ring (bicyclic) bond motifs is 1. The van der Waals surface area contributed by atoms with Crippen LogP contribution >= 0.6 is 11.6 Å². The summed E-state index contributed by atoms with van der Waals surface area (Å²) in [6.45, 7) is 0.768. The van der Waals surface area contributed by atoms with Gasteiger partial charge in [-0.3, -0.25) is 4.79 Å². The molecule has 21 heavy (non-hydrogen) atoms. The number of benzene rings is 2. The average Bonchev–Trinajstić information content (AvgIpc) is 2.50. The van der Waals surface area contributed by atoms with Gasteiger partial charge >= 0.3 is 0 Å². The normalized spacial score (nSPS) is 17.0. The molecular weight excluding hydrogens is 289 g/mol. The van der Waals surface area contributed by atoms with Gasteiger partial charge in [0.05, 0.1) is 0 Å². The number of Topliss-reactive ketones (excluding diaryl/α,β-unsaturated/α-hetero) is 1. The zero-order valence-electron chi connectivity index (χ0n) is 11.4. The van der Waals surface area contributed by atoms with Gasteiger partial charge < -0.3 is 5.32 Å². The third-order valence-corrected chi connectivity index (χ3v) is 4.21. The smallest absolute Gasteiger partial charge is 0.144 e. The van der Waals surface area contributed by atoms with Crippen molar-refractivity contribution in [3.8, 4) is 0 Å². The third-order valence-electron chi connectivity index (χ3n) is 3.85. The molecule has 4 heteroatoms. The van der Waals surface area contributed by atoms with Crippen LogP contribution in [0.15, 0.2) is 42.5 Å². The van der Waals surface area contributed by atoms with Crippen LogP contribution in [0.3, 0.4) is 0 Å². The van der Waals surface area contributed by atoms with Crippen molar-refractivity contribution in [3.05, 3.63) is 64.4 Å². The summed E-state index contributed by atoms with van der Waals surface area (Å²) in [4.78, 5) is 12.6. The van der Waals surface area contributed by atoms with Gasteiger partial charge in [0.1, 0.15) is 11.6 Å². The lowest BCUT2D eigenvalue weighted by Gasteiger charge is -2.25. The van der Waals surface area contributed by atoms with Gasteiger partial charge in [0.2, 0.25) is 0 Å². The van der Waals surface area contributed by atoms with E-state index in [9.17, 15) is 9.18 Å². The summed E-state index contributed by atoms with van der Waals surface area (Å²) in [7, 11) is 0. The van der Waals surface area contributed by atoms with Crippen LogP contribution in [0.1, 0.15) is 23.5 Å². The van der Waals surface area contributed by atoms with E-state index in [1.54, 1.807) is 0 Å². The van der Waals surface area contributed by atoms with Crippen LogP contribution in [0.5, 0.6) is 0 Å². The Labute approximate surface area is 127 Å². The molecule has 0 aliphatic carbocycles. The van der Waals surface area contributed by atoms with E-state index in [0.29, 0.717) is 10.6 Å². The van der Waals surface area contributed by atoms with E-state index in [-0.39, 0.29) is 23.9 Å². The number of hydrogen-bond donors (Lipinski definition) is 1. The maximum atomic E-state index is 13.3. The standard InChI is InChI=1S/C17H15ClFNO/c18-15-6-5-12(19)9-11(15)10-17(21)14-7-8-20-16-4-2-1-3-13(14)16/h1-6,9,14,20H,7-8,10H2. The van der Waals surface area contributed by atoms with Crippen LogP contribution < -0.4 is 5.32 Å². The molecule has 1 atom stereocenters. The minimum absolute atomic E-state index is 0.0800. The number of rotatable bonds is 3. The first kappa shape index (κ1) is 14.1. The number of carbonyl (C=O) groups excluding carboxylic acids is 1. The molecule has 1 aliphatic rings. The zero-order valence-corrected chi connectivity index (χ0v) is 12.2. The minimum Gasteiger partial charge on any atom is -0.385 e. The Balaban J connectivity index is 1.85. The van der Waals surface area contributed by atoms with Gasteiger partial charge in [-0.05, 0) is 41.8 Å². The number of para-hydroxylation sites is 1. The molecule has 1 heterocycles. The number of anilines is 1. The zero-order chi connectivity index (χ0) is 14.8. The Morgan fingerprint density at radius 1 is 1.29 bits per heavy atom. The minimum atomic E-state index is -0.368. The average molecular weight is 304 g/mol. The van der Waals surface area contributed by atoms with Crippen molar-refractivity contribution in [1.82, 2.24) is 0 Å². The maximum Gasteiger partial charge on any atom is 0.144 e. The van der Waals surface area contributed by atoms with Crippen molar-refractivity contribution < 1.29 is 9.18 Å². The molecule has 0 saturated carbocycles. The highest BCUT2D eigenvalue weighted by atomic mass is 35.5. The van der Waals surface area contributed by atoms with E-state index in [4.69, 9.17) is 11.6 Å². The second-order valence-electron chi connectivity index (χ2n) is 5.23. The van der Waals surface area contributed by atoms with Crippen LogP contribution in [-0.4, -0.2) is 12.3 Å². The molecule has 0 fully saturated rings. The van der Waals surface area contributed by atoms with E-state index in [1.165, 1.54) is 18.2 Å². The van der Waals surface area contributed by atoms with Crippen molar-refractivity contribution in [2.75, 3.05) is 11.9 Å². The second kappa shape index (κ2) is 5.86. The van der Waals surface area contributed by atoms with E-state index in [1.807, 2.05) is 24.3 Å². The molecule has 2 aromatic carbocycles. The summed E-state index contributed by atoms with van der Waals surface area (Å²) < 4.78 is 13.3. The molecule has 3 rings (SSSR count). The van der Waals surface area contributed by atoms with E-state index in [2.05, 4.69) is 5.32 Å². The molecule has 0 spiro atoms. The molecule has 1 unspecified atom stereocenters. The second-order valence-corrected chi connectivity index (χ2v) is 5.64. The topological polar surface area (TPSA) is 29.1 Å². The lowest BCUT2D eigenvalue weighted by molar-refractivity contribution is -0.120. The highest BCUT2D eigenvalue weighted by Gasteiger charge is 2.26. The summed E-state index contributed by atoms with van der Waals surface area (Å²) in [5, 5.41) is 3.73. The molecule has 0 bridgehead atoms. The van der Waals surface area contributed by atoms with Gasteiger partial charge in [0, 0.05) is 29.6 Å². The molecule has 2 nitrogen and oxygen atoms in total. The molecule has 0 saturated heterocycles. The molecule has 1 N–H and O–H groups in total. The Morgan fingerprint density at radius 2 is 2.10 bits per heavy atom. The number of ketones is 1. The van der Waals surface area contributed by atoms with E-state index < -0.39 is 0 Å². The van der Waals surface area contributed by atoms with Crippen molar-refractivity contribution >= 4 is 23.1 Å². The van der Waals surface area contributed by atoms with Gasteiger partial charge in [-0.25, -0.2) is 4.39 Å². The number of nitrogens with one attached hydrogen (secondary N) is 1. The Bertz CT molecular complexity index is 686. The quantitative estimate of drug-likeness (QED) is 0.921. The fourth-order valence-corrected chi connectivity index (χ4v) is 2.98.